The van der Waals surface area contributed by atoms with Crippen LogP contribution < -0.4 is 5.32 Å². The van der Waals surface area contributed by atoms with Gasteiger partial charge >= 0.3 is 6.18 Å². The van der Waals surface area contributed by atoms with Gasteiger partial charge in [-0.1, -0.05) is 35.3 Å². The van der Waals surface area contributed by atoms with Gasteiger partial charge < -0.3 is 5.32 Å². The van der Waals surface area contributed by atoms with E-state index >= 15 is 0 Å². The predicted molar refractivity (Wildman–Crippen MR) is 108 cm³/mol. The summed E-state index contributed by atoms with van der Waals surface area (Å²) in [6.45, 7) is 0.513. The molecule has 0 aliphatic carbocycles. The van der Waals surface area contributed by atoms with E-state index in [1.807, 2.05) is 0 Å². The molecule has 4 aromatic rings. The molecule has 0 radical (unpaired) electrons. The number of aromatic nitrogens is 5. The van der Waals surface area contributed by atoms with Crippen LogP contribution in [0.1, 0.15) is 16.2 Å². The highest BCUT2D eigenvalue weighted by atomic mass is 35.5. The van der Waals surface area contributed by atoms with Crippen molar-refractivity contribution in [3.8, 4) is 11.3 Å². The number of hydrogen-bond acceptors (Lipinski definition) is 4. The van der Waals surface area contributed by atoms with Gasteiger partial charge in [0.1, 0.15) is 0 Å². The SMILES string of the molecule is O=C(NCCn1cc(Cl)cn1)c1cc2nc(-c3ccc(Cl)cc3)cc(C(F)(F)F)n2n1. The predicted octanol–water partition coefficient (Wildman–Crippen LogP) is 4.35. The molecule has 0 atom stereocenters. The minimum atomic E-state index is -4.71. The molecule has 3 aromatic heterocycles. The largest absolute Gasteiger partial charge is 0.433 e. The van der Waals surface area contributed by atoms with Crippen molar-refractivity contribution in [3.05, 3.63) is 70.2 Å². The van der Waals surface area contributed by atoms with E-state index in [1.54, 1.807) is 30.5 Å². The maximum absolute atomic E-state index is 13.6. The van der Waals surface area contributed by atoms with Gasteiger partial charge in [0.15, 0.2) is 17.0 Å². The van der Waals surface area contributed by atoms with E-state index in [2.05, 4.69) is 20.5 Å². The number of carbonyl (C=O) groups is 1. The number of amides is 1. The normalized spacial score (nSPS) is 11.8. The molecule has 1 N–H and O–H groups in total. The average molecular weight is 469 g/mol. The summed E-state index contributed by atoms with van der Waals surface area (Å²) < 4.78 is 43.1. The van der Waals surface area contributed by atoms with E-state index in [0.717, 1.165) is 6.07 Å². The van der Waals surface area contributed by atoms with Crippen molar-refractivity contribution in [1.82, 2.24) is 29.7 Å². The highest BCUT2D eigenvalue weighted by molar-refractivity contribution is 6.30. The Balaban J connectivity index is 1.63. The van der Waals surface area contributed by atoms with Gasteiger partial charge in [0.25, 0.3) is 5.91 Å². The Labute approximate surface area is 183 Å². The zero-order valence-electron chi connectivity index (χ0n) is 15.6. The van der Waals surface area contributed by atoms with E-state index in [-0.39, 0.29) is 23.6 Å². The van der Waals surface area contributed by atoms with Crippen LogP contribution in [0.2, 0.25) is 10.0 Å². The Bertz CT molecular complexity index is 1250. The summed E-state index contributed by atoms with van der Waals surface area (Å²) in [5.74, 6) is -0.634. The molecular weight excluding hydrogens is 456 g/mol. The van der Waals surface area contributed by atoms with Gasteiger partial charge in [0, 0.05) is 29.4 Å². The van der Waals surface area contributed by atoms with E-state index in [1.165, 1.54) is 16.9 Å². The maximum Gasteiger partial charge on any atom is 0.433 e. The summed E-state index contributed by atoms with van der Waals surface area (Å²) in [6, 6.07) is 8.32. The Morgan fingerprint density at radius 3 is 2.48 bits per heavy atom. The number of benzene rings is 1. The monoisotopic (exact) mass is 468 g/mol. The number of alkyl halides is 3. The molecule has 0 spiro atoms. The van der Waals surface area contributed by atoms with E-state index in [9.17, 15) is 18.0 Å². The van der Waals surface area contributed by atoms with Crippen LogP contribution in [-0.4, -0.2) is 36.8 Å². The molecule has 0 aliphatic rings. The Hall–Kier alpha value is -3.11. The summed E-state index contributed by atoms with van der Waals surface area (Å²) in [4.78, 5) is 16.6. The smallest absolute Gasteiger partial charge is 0.349 e. The number of nitrogens with zero attached hydrogens (tertiary/aromatic N) is 5. The lowest BCUT2D eigenvalue weighted by molar-refractivity contribution is -0.142. The number of nitrogens with one attached hydrogen (secondary N) is 1. The summed E-state index contributed by atoms with van der Waals surface area (Å²) in [7, 11) is 0. The van der Waals surface area contributed by atoms with Crippen molar-refractivity contribution in [1.29, 1.82) is 0 Å². The summed E-state index contributed by atoms with van der Waals surface area (Å²) in [6.07, 6.45) is -1.67. The first-order valence-corrected chi connectivity index (χ1v) is 9.66. The van der Waals surface area contributed by atoms with Crippen LogP contribution in [0.3, 0.4) is 0 Å². The van der Waals surface area contributed by atoms with Gasteiger partial charge in [0.05, 0.1) is 23.5 Å². The fourth-order valence-corrected chi connectivity index (χ4v) is 3.17. The number of carbonyl (C=O) groups excluding carboxylic acids is 1. The van der Waals surface area contributed by atoms with Crippen LogP contribution in [0.15, 0.2) is 48.8 Å². The molecule has 0 bridgehead atoms. The molecule has 3 heterocycles. The molecule has 0 saturated heterocycles. The third kappa shape index (κ3) is 4.64. The molecule has 0 fully saturated rings. The van der Waals surface area contributed by atoms with Gasteiger partial charge in [-0.05, 0) is 18.2 Å². The third-order valence-electron chi connectivity index (χ3n) is 4.32. The van der Waals surface area contributed by atoms with Crippen molar-refractivity contribution in [3.63, 3.8) is 0 Å². The Morgan fingerprint density at radius 1 is 1.10 bits per heavy atom. The lowest BCUT2D eigenvalue weighted by Crippen LogP contribution is -2.27. The quantitative estimate of drug-likeness (QED) is 0.472. The van der Waals surface area contributed by atoms with Crippen molar-refractivity contribution in [2.24, 2.45) is 0 Å². The van der Waals surface area contributed by atoms with Gasteiger partial charge in [-0.2, -0.15) is 23.4 Å². The van der Waals surface area contributed by atoms with Crippen LogP contribution in [0.5, 0.6) is 0 Å². The second kappa shape index (κ2) is 8.20. The van der Waals surface area contributed by atoms with E-state index < -0.39 is 17.8 Å². The Kier molecular flexibility index (Phi) is 5.59. The molecule has 12 heteroatoms. The topological polar surface area (TPSA) is 77.1 Å². The zero-order valence-corrected chi connectivity index (χ0v) is 17.1. The molecular formula is C19H13Cl2F3N6O. The molecule has 0 unspecified atom stereocenters. The van der Waals surface area contributed by atoms with Crippen molar-refractivity contribution in [2.45, 2.75) is 12.7 Å². The van der Waals surface area contributed by atoms with Gasteiger partial charge in [-0.15, -0.1) is 0 Å². The van der Waals surface area contributed by atoms with Crippen LogP contribution in [0, 0.1) is 0 Å². The minimum absolute atomic E-state index is 0.0823. The van der Waals surface area contributed by atoms with Crippen molar-refractivity contribution >= 4 is 34.8 Å². The summed E-state index contributed by atoms with van der Waals surface area (Å²) >= 11 is 11.6. The van der Waals surface area contributed by atoms with Crippen molar-refractivity contribution < 1.29 is 18.0 Å². The number of rotatable bonds is 5. The summed E-state index contributed by atoms with van der Waals surface area (Å²) in [5.41, 5.74) is -0.817. The standard InChI is InChI=1S/C19H13Cl2F3N6O/c20-12-3-1-11(2-4-12)14-7-16(19(22,23)24)30-17(27-14)8-15(28-30)18(31)25-5-6-29-10-13(21)9-26-29/h1-4,7-10H,5-6H2,(H,25,31). The third-order valence-corrected chi connectivity index (χ3v) is 4.77. The number of hydrogen-bond donors (Lipinski definition) is 1. The molecule has 0 saturated carbocycles. The first-order chi connectivity index (χ1) is 14.7. The minimum Gasteiger partial charge on any atom is -0.349 e. The maximum atomic E-state index is 13.6. The zero-order chi connectivity index (χ0) is 22.2. The summed E-state index contributed by atoms with van der Waals surface area (Å²) in [5, 5.41) is 11.3. The highest BCUT2D eigenvalue weighted by Gasteiger charge is 2.35. The first-order valence-electron chi connectivity index (χ1n) is 8.91. The second-order valence-corrected chi connectivity index (χ2v) is 7.38. The highest BCUT2D eigenvalue weighted by Crippen LogP contribution is 2.32. The number of fused-ring (bicyclic) bond motifs is 1. The second-order valence-electron chi connectivity index (χ2n) is 6.51. The first kappa shape index (κ1) is 21.1. The molecule has 7 nitrogen and oxygen atoms in total. The van der Waals surface area contributed by atoms with Gasteiger partial charge in [0.2, 0.25) is 0 Å². The molecule has 160 valence electrons. The molecule has 1 amide bonds. The lowest BCUT2D eigenvalue weighted by Gasteiger charge is -2.11. The molecule has 1 aromatic carbocycles. The fraction of sp³-hybridized carbons (Fsp3) is 0.158. The lowest BCUT2D eigenvalue weighted by atomic mass is 10.1. The molecule has 0 aliphatic heterocycles. The van der Waals surface area contributed by atoms with Crippen LogP contribution >= 0.6 is 23.2 Å². The molecule has 4 rings (SSSR count). The van der Waals surface area contributed by atoms with Crippen LogP contribution in [0.4, 0.5) is 13.2 Å². The van der Waals surface area contributed by atoms with E-state index in [4.69, 9.17) is 23.2 Å². The Morgan fingerprint density at radius 2 is 1.84 bits per heavy atom. The van der Waals surface area contributed by atoms with Crippen LogP contribution in [-0.2, 0) is 12.7 Å². The van der Waals surface area contributed by atoms with Crippen molar-refractivity contribution in [2.75, 3.05) is 6.54 Å². The van der Waals surface area contributed by atoms with Gasteiger partial charge in [-0.3, -0.25) is 9.48 Å². The fourth-order valence-electron chi connectivity index (χ4n) is 2.89. The average Bonchev–Trinajstić information content (AvgIpc) is 3.33. The molecule has 31 heavy (non-hydrogen) atoms. The number of halogens is 5. The van der Waals surface area contributed by atoms with E-state index in [0.29, 0.717) is 26.7 Å². The van der Waals surface area contributed by atoms with Gasteiger partial charge in [-0.25, -0.2) is 9.50 Å². The van der Waals surface area contributed by atoms with Crippen LogP contribution in [0.25, 0.3) is 16.9 Å².